The van der Waals surface area contributed by atoms with Gasteiger partial charge in [-0.3, -0.25) is 0 Å². The Bertz CT molecular complexity index is 332. The van der Waals surface area contributed by atoms with Crippen LogP contribution >= 0.6 is 0 Å². The molecule has 82 valence electrons. The van der Waals surface area contributed by atoms with Gasteiger partial charge in [-0.05, 0) is 24.6 Å². The minimum Gasteiger partial charge on any atom is -0.382 e. The van der Waals surface area contributed by atoms with E-state index < -0.39 is 0 Å². The van der Waals surface area contributed by atoms with Gasteiger partial charge in [-0.1, -0.05) is 6.07 Å². The van der Waals surface area contributed by atoms with E-state index in [4.69, 9.17) is 0 Å². The zero-order valence-corrected chi connectivity index (χ0v) is 9.09. The monoisotopic (exact) mass is 209 g/mol. The van der Waals surface area contributed by atoms with E-state index >= 15 is 0 Å². The second-order valence-electron chi connectivity index (χ2n) is 4.25. The fourth-order valence-corrected chi connectivity index (χ4v) is 1.99. The maximum Gasteiger partial charge on any atom is 0.128 e. The molecule has 0 atom stereocenters. The molecule has 1 heterocycles. The Labute approximate surface area is 89.9 Å². The highest BCUT2D eigenvalue weighted by Gasteiger charge is 2.15. The highest BCUT2D eigenvalue weighted by atomic mass is 19.1. The molecule has 1 aromatic rings. The Balaban J connectivity index is 2.00. The summed E-state index contributed by atoms with van der Waals surface area (Å²) in [6, 6.07) is 5.88. The van der Waals surface area contributed by atoms with Gasteiger partial charge in [-0.25, -0.2) is 4.39 Å². The highest BCUT2D eigenvalue weighted by molar-refractivity contribution is 5.45. The molecule has 2 rings (SSSR count). The second-order valence-corrected chi connectivity index (χ2v) is 4.25. The molecule has 1 aliphatic heterocycles. The Morgan fingerprint density at radius 3 is 2.73 bits per heavy atom. The van der Waals surface area contributed by atoms with Crippen LogP contribution in [-0.2, 0) is 0 Å². The summed E-state index contributed by atoms with van der Waals surface area (Å²) in [4.78, 5) is 0. The number of rotatable bonds is 2. The summed E-state index contributed by atoms with van der Waals surface area (Å²) in [5.41, 5.74) is 1.61. The van der Waals surface area contributed by atoms with Gasteiger partial charge in [0.15, 0.2) is 0 Å². The van der Waals surface area contributed by atoms with Crippen molar-refractivity contribution in [2.45, 2.75) is 25.8 Å². The number of nitrogens with one attached hydrogen (secondary N) is 1. The van der Waals surface area contributed by atoms with Gasteiger partial charge in [-0.15, -0.1) is 0 Å². The number of hydrogen-bond donors (Lipinski definition) is 2. The normalized spacial score (nSPS) is 17.7. The van der Waals surface area contributed by atoms with Crippen LogP contribution in [0.25, 0.3) is 0 Å². The van der Waals surface area contributed by atoms with Crippen LogP contribution in [0.1, 0.15) is 18.4 Å². The Kier molecular flexibility index (Phi) is 3.21. The zero-order chi connectivity index (χ0) is 10.7. The lowest BCUT2D eigenvalue weighted by Crippen LogP contribution is -2.87. The third-order valence-corrected chi connectivity index (χ3v) is 2.98. The summed E-state index contributed by atoms with van der Waals surface area (Å²) in [5.74, 6) is -0.123. The van der Waals surface area contributed by atoms with Crippen molar-refractivity contribution in [3.63, 3.8) is 0 Å². The summed E-state index contributed by atoms with van der Waals surface area (Å²) in [6.45, 7) is 4.13. The van der Waals surface area contributed by atoms with Gasteiger partial charge in [0, 0.05) is 24.6 Å². The maximum atomic E-state index is 13.3. The predicted octanol–water partition coefficient (Wildman–Crippen LogP) is 1.27. The van der Waals surface area contributed by atoms with E-state index in [0.717, 1.165) is 18.5 Å². The molecule has 1 aromatic carbocycles. The van der Waals surface area contributed by atoms with Crippen molar-refractivity contribution in [3.05, 3.63) is 29.6 Å². The molecule has 3 heteroatoms. The van der Waals surface area contributed by atoms with Crippen LogP contribution in [0.2, 0.25) is 0 Å². The summed E-state index contributed by atoms with van der Waals surface area (Å²) < 4.78 is 13.3. The lowest BCUT2D eigenvalue weighted by molar-refractivity contribution is -0.662. The molecule has 0 amide bonds. The van der Waals surface area contributed by atoms with Gasteiger partial charge in [0.1, 0.15) is 5.82 Å². The summed E-state index contributed by atoms with van der Waals surface area (Å²) in [7, 11) is 0. The molecule has 1 fully saturated rings. The van der Waals surface area contributed by atoms with E-state index in [1.807, 2.05) is 12.1 Å². The van der Waals surface area contributed by atoms with Gasteiger partial charge in [0.2, 0.25) is 0 Å². The largest absolute Gasteiger partial charge is 0.382 e. The SMILES string of the molecule is Cc1ccc(NC2CC[NH2+]CC2)cc1F. The smallest absolute Gasteiger partial charge is 0.128 e. The number of benzene rings is 1. The molecule has 0 spiro atoms. The molecule has 0 bridgehead atoms. The number of anilines is 1. The molecule has 0 saturated carbocycles. The lowest BCUT2D eigenvalue weighted by Gasteiger charge is -2.22. The van der Waals surface area contributed by atoms with Crippen molar-refractivity contribution < 1.29 is 9.71 Å². The van der Waals surface area contributed by atoms with E-state index in [2.05, 4.69) is 10.6 Å². The number of hydrogen-bond acceptors (Lipinski definition) is 1. The van der Waals surface area contributed by atoms with Crippen molar-refractivity contribution in [2.24, 2.45) is 0 Å². The molecule has 1 aliphatic rings. The van der Waals surface area contributed by atoms with Crippen molar-refractivity contribution in [1.29, 1.82) is 0 Å². The van der Waals surface area contributed by atoms with Crippen LogP contribution in [-0.4, -0.2) is 19.1 Å². The first-order chi connectivity index (χ1) is 7.25. The highest BCUT2D eigenvalue weighted by Crippen LogP contribution is 2.16. The van der Waals surface area contributed by atoms with Crippen LogP contribution in [0.3, 0.4) is 0 Å². The molecule has 1 saturated heterocycles. The minimum atomic E-state index is -0.123. The number of piperidine rings is 1. The van der Waals surface area contributed by atoms with E-state index in [9.17, 15) is 4.39 Å². The third kappa shape index (κ3) is 2.69. The van der Waals surface area contributed by atoms with E-state index in [0.29, 0.717) is 11.6 Å². The minimum absolute atomic E-state index is 0.123. The molecule has 0 unspecified atom stereocenters. The van der Waals surface area contributed by atoms with Gasteiger partial charge >= 0.3 is 0 Å². The molecule has 0 aromatic heterocycles. The summed E-state index contributed by atoms with van der Waals surface area (Å²) in [5, 5.41) is 5.72. The second kappa shape index (κ2) is 4.62. The predicted molar refractivity (Wildman–Crippen MR) is 59.4 cm³/mol. The van der Waals surface area contributed by atoms with Crippen LogP contribution in [0.5, 0.6) is 0 Å². The standard InChI is InChI=1S/C12H17FN2/c1-9-2-3-11(8-12(9)13)15-10-4-6-14-7-5-10/h2-3,8,10,14-15H,4-7H2,1H3/p+1. The third-order valence-electron chi connectivity index (χ3n) is 2.98. The fraction of sp³-hybridized carbons (Fsp3) is 0.500. The Morgan fingerprint density at radius 1 is 1.33 bits per heavy atom. The lowest BCUT2D eigenvalue weighted by atomic mass is 10.1. The van der Waals surface area contributed by atoms with Crippen molar-refractivity contribution >= 4 is 5.69 Å². The molecular weight excluding hydrogens is 191 g/mol. The van der Waals surface area contributed by atoms with Gasteiger partial charge in [0.25, 0.3) is 0 Å². The van der Waals surface area contributed by atoms with Crippen molar-refractivity contribution in [2.75, 3.05) is 18.4 Å². The summed E-state index contributed by atoms with van der Waals surface area (Å²) in [6.07, 6.45) is 2.32. The van der Waals surface area contributed by atoms with Crippen LogP contribution in [0.4, 0.5) is 10.1 Å². The number of halogens is 1. The zero-order valence-electron chi connectivity index (χ0n) is 9.09. The topological polar surface area (TPSA) is 28.6 Å². The molecule has 0 radical (unpaired) electrons. The van der Waals surface area contributed by atoms with Crippen LogP contribution in [0, 0.1) is 12.7 Å². The van der Waals surface area contributed by atoms with Gasteiger partial charge in [0.05, 0.1) is 13.1 Å². The quantitative estimate of drug-likeness (QED) is 0.754. The Morgan fingerprint density at radius 2 is 2.07 bits per heavy atom. The molecule has 15 heavy (non-hydrogen) atoms. The van der Waals surface area contributed by atoms with E-state index in [-0.39, 0.29) is 5.82 Å². The van der Waals surface area contributed by atoms with Crippen LogP contribution < -0.4 is 10.6 Å². The average molecular weight is 209 g/mol. The molecule has 3 N–H and O–H groups in total. The molecule has 0 aliphatic carbocycles. The number of quaternary nitrogens is 1. The summed E-state index contributed by atoms with van der Waals surface area (Å²) >= 11 is 0. The number of aryl methyl sites for hydroxylation is 1. The van der Waals surface area contributed by atoms with Crippen molar-refractivity contribution in [3.8, 4) is 0 Å². The van der Waals surface area contributed by atoms with E-state index in [1.54, 1.807) is 13.0 Å². The first-order valence-corrected chi connectivity index (χ1v) is 5.60. The fourth-order valence-electron chi connectivity index (χ4n) is 1.99. The molecular formula is C12H18FN2+. The average Bonchev–Trinajstić information content (AvgIpc) is 2.25. The molecule has 2 nitrogen and oxygen atoms in total. The Hall–Kier alpha value is -1.09. The van der Waals surface area contributed by atoms with Gasteiger partial charge in [-0.2, -0.15) is 0 Å². The first-order valence-electron chi connectivity index (χ1n) is 5.60. The first kappa shape index (κ1) is 10.4. The van der Waals surface area contributed by atoms with Crippen LogP contribution in [0.15, 0.2) is 18.2 Å². The maximum absolute atomic E-state index is 13.3. The van der Waals surface area contributed by atoms with E-state index in [1.165, 1.54) is 13.1 Å². The van der Waals surface area contributed by atoms with Crippen molar-refractivity contribution in [1.82, 2.24) is 0 Å². The number of nitrogens with two attached hydrogens (primary N) is 1. The van der Waals surface area contributed by atoms with Gasteiger partial charge < -0.3 is 10.6 Å².